The van der Waals surface area contributed by atoms with Crippen LogP contribution in [0.2, 0.25) is 0 Å². The lowest BCUT2D eigenvalue weighted by atomic mass is 9.63. The van der Waals surface area contributed by atoms with E-state index >= 15 is 0 Å². The number of aromatic nitrogens is 1. The maximum atomic E-state index is 10.5. The third-order valence-corrected chi connectivity index (χ3v) is 5.13. The smallest absolute Gasteiger partial charge is 0.124 e. The highest BCUT2D eigenvalue weighted by Gasteiger charge is 2.45. The van der Waals surface area contributed by atoms with Crippen molar-refractivity contribution in [3.8, 4) is 6.07 Å². The van der Waals surface area contributed by atoms with Crippen molar-refractivity contribution in [3.63, 3.8) is 0 Å². The minimum absolute atomic E-state index is 0.291. The molecule has 98 valence electrons. The molecule has 0 radical (unpaired) electrons. The van der Waals surface area contributed by atoms with E-state index < -0.39 is 11.5 Å². The van der Waals surface area contributed by atoms with Crippen LogP contribution in [0.4, 0.5) is 0 Å². The molecule has 1 atom stereocenters. The molecule has 1 aliphatic carbocycles. The van der Waals surface area contributed by atoms with Crippen molar-refractivity contribution in [2.75, 3.05) is 0 Å². The quantitative estimate of drug-likeness (QED) is 0.888. The predicted molar refractivity (Wildman–Crippen MR) is 72.1 cm³/mol. The van der Waals surface area contributed by atoms with Gasteiger partial charge >= 0.3 is 0 Å². The van der Waals surface area contributed by atoms with Crippen LogP contribution < -0.4 is 0 Å². The summed E-state index contributed by atoms with van der Waals surface area (Å²) < 4.78 is 0. The molecular formula is C14H20N2OS. The lowest BCUT2D eigenvalue weighted by Crippen LogP contribution is -2.35. The molecule has 1 aliphatic rings. The predicted octanol–water partition coefficient (Wildman–Crippen LogP) is 3.60. The highest BCUT2D eigenvalue weighted by atomic mass is 32.1. The third-order valence-electron chi connectivity index (χ3n) is 4.11. The minimum atomic E-state index is -0.739. The molecule has 3 nitrogen and oxygen atoms in total. The number of nitriles is 1. The Balaban J connectivity index is 2.22. The summed E-state index contributed by atoms with van der Waals surface area (Å²) in [4.78, 5) is 4.33. The normalized spacial score (nSPS) is 23.3. The fraction of sp³-hybridized carbons (Fsp3) is 0.714. The number of aliphatic hydroxyl groups excluding tert-OH is 1. The van der Waals surface area contributed by atoms with Crippen molar-refractivity contribution in [1.29, 1.82) is 5.26 Å². The van der Waals surface area contributed by atoms with Crippen LogP contribution >= 0.6 is 11.3 Å². The van der Waals surface area contributed by atoms with Crippen molar-refractivity contribution < 1.29 is 5.11 Å². The zero-order valence-corrected chi connectivity index (χ0v) is 12.0. The van der Waals surface area contributed by atoms with Crippen LogP contribution in [0.15, 0.2) is 5.38 Å². The van der Waals surface area contributed by atoms with Gasteiger partial charge in [-0.2, -0.15) is 5.26 Å². The van der Waals surface area contributed by atoms with E-state index in [1.54, 1.807) is 0 Å². The van der Waals surface area contributed by atoms with E-state index in [4.69, 9.17) is 0 Å². The van der Waals surface area contributed by atoms with Gasteiger partial charge in [0.1, 0.15) is 11.1 Å². The summed E-state index contributed by atoms with van der Waals surface area (Å²) in [6, 6.07) is 2.38. The zero-order chi connectivity index (χ0) is 13.4. The van der Waals surface area contributed by atoms with Crippen LogP contribution in [-0.2, 0) is 0 Å². The average molecular weight is 264 g/mol. The first-order valence-corrected chi connectivity index (χ1v) is 7.28. The number of thiazole rings is 1. The average Bonchev–Trinajstić information content (AvgIpc) is 2.76. The first-order chi connectivity index (χ1) is 8.38. The molecule has 1 N–H and O–H groups in total. The van der Waals surface area contributed by atoms with Crippen molar-refractivity contribution in [2.45, 2.75) is 52.6 Å². The van der Waals surface area contributed by atoms with Crippen molar-refractivity contribution in [2.24, 2.45) is 10.8 Å². The van der Waals surface area contributed by atoms with Crippen LogP contribution in [0.5, 0.6) is 0 Å². The Labute approximate surface area is 112 Å². The van der Waals surface area contributed by atoms with Crippen molar-refractivity contribution >= 4 is 11.3 Å². The lowest BCUT2D eigenvalue weighted by Gasteiger charge is -2.41. The Bertz CT molecular complexity index is 462. The molecule has 0 spiro atoms. The second-order valence-corrected chi connectivity index (χ2v) is 7.05. The van der Waals surface area contributed by atoms with Crippen LogP contribution in [0.3, 0.4) is 0 Å². The second kappa shape index (κ2) is 4.64. The molecule has 0 aliphatic heterocycles. The molecule has 18 heavy (non-hydrogen) atoms. The molecule has 1 aromatic rings. The molecule has 0 bridgehead atoms. The van der Waals surface area contributed by atoms with Crippen LogP contribution in [0, 0.1) is 29.1 Å². The van der Waals surface area contributed by atoms with Gasteiger partial charge in [-0.1, -0.05) is 13.8 Å². The molecule has 4 heteroatoms. The Morgan fingerprint density at radius 2 is 2.00 bits per heavy atom. The lowest BCUT2D eigenvalue weighted by molar-refractivity contribution is 0.00938. The van der Waals surface area contributed by atoms with Gasteiger partial charge < -0.3 is 5.11 Å². The fourth-order valence-corrected chi connectivity index (χ4v) is 3.45. The van der Waals surface area contributed by atoms with Crippen LogP contribution in [0.1, 0.15) is 56.3 Å². The molecule has 1 heterocycles. The van der Waals surface area contributed by atoms with Gasteiger partial charge in [-0.05, 0) is 38.0 Å². The Morgan fingerprint density at radius 1 is 1.39 bits per heavy atom. The second-order valence-electron chi connectivity index (χ2n) is 6.16. The van der Waals surface area contributed by atoms with Crippen molar-refractivity contribution in [1.82, 2.24) is 4.98 Å². The molecule has 1 saturated carbocycles. The van der Waals surface area contributed by atoms with Gasteiger partial charge in [-0.15, -0.1) is 11.3 Å². The monoisotopic (exact) mass is 264 g/mol. The zero-order valence-electron chi connectivity index (χ0n) is 11.2. The standard InChI is InChI=1S/C14H20N2OS/c1-10-8-18-12(16-10)11(17)14(9-15)6-4-13(2,3)5-7-14/h8,11,17H,4-7H2,1-3H3. The molecule has 1 aromatic heterocycles. The highest BCUT2D eigenvalue weighted by Crippen LogP contribution is 2.51. The maximum Gasteiger partial charge on any atom is 0.124 e. The molecule has 0 aromatic carbocycles. The molecule has 0 saturated heterocycles. The van der Waals surface area contributed by atoms with Crippen molar-refractivity contribution in [3.05, 3.63) is 16.1 Å². The number of aliphatic hydroxyl groups is 1. The Hall–Kier alpha value is -0.920. The number of nitrogens with zero attached hydrogens (tertiary/aromatic N) is 2. The molecular weight excluding hydrogens is 244 g/mol. The summed E-state index contributed by atoms with van der Waals surface area (Å²) in [5, 5.41) is 22.6. The van der Waals surface area contributed by atoms with Crippen LogP contribution in [-0.4, -0.2) is 10.1 Å². The largest absolute Gasteiger partial charge is 0.384 e. The SMILES string of the molecule is Cc1csc(C(O)C2(C#N)CCC(C)(C)CC2)n1. The third kappa shape index (κ3) is 2.43. The first kappa shape index (κ1) is 13.5. The van der Waals surface area contributed by atoms with Gasteiger partial charge in [0.05, 0.1) is 11.5 Å². The van der Waals surface area contributed by atoms with E-state index in [1.807, 2.05) is 12.3 Å². The van der Waals surface area contributed by atoms with E-state index in [1.165, 1.54) is 11.3 Å². The van der Waals surface area contributed by atoms with Gasteiger partial charge in [-0.3, -0.25) is 0 Å². The van der Waals surface area contributed by atoms with E-state index in [-0.39, 0.29) is 0 Å². The van der Waals surface area contributed by atoms with E-state index in [0.29, 0.717) is 10.4 Å². The van der Waals surface area contributed by atoms with E-state index in [2.05, 4.69) is 24.9 Å². The maximum absolute atomic E-state index is 10.5. The number of rotatable bonds is 2. The topological polar surface area (TPSA) is 56.9 Å². The highest BCUT2D eigenvalue weighted by molar-refractivity contribution is 7.09. The summed E-state index contributed by atoms with van der Waals surface area (Å²) in [5.74, 6) is 0. The molecule has 1 fully saturated rings. The Kier molecular flexibility index (Phi) is 3.48. The van der Waals surface area contributed by atoms with E-state index in [0.717, 1.165) is 31.4 Å². The number of hydrogen-bond acceptors (Lipinski definition) is 4. The van der Waals surface area contributed by atoms with Gasteiger partial charge in [0, 0.05) is 11.1 Å². The summed E-state index contributed by atoms with van der Waals surface area (Å²) in [6.07, 6.45) is 2.76. The fourth-order valence-electron chi connectivity index (χ4n) is 2.55. The molecule has 0 amide bonds. The summed E-state index contributed by atoms with van der Waals surface area (Å²) in [5.41, 5.74) is 0.567. The van der Waals surface area contributed by atoms with Gasteiger partial charge in [0.2, 0.25) is 0 Å². The minimum Gasteiger partial charge on any atom is -0.384 e. The van der Waals surface area contributed by atoms with Gasteiger partial charge in [-0.25, -0.2) is 4.98 Å². The number of aryl methyl sites for hydroxylation is 1. The first-order valence-electron chi connectivity index (χ1n) is 6.40. The molecule has 2 rings (SSSR count). The summed E-state index contributed by atoms with van der Waals surface area (Å²) in [7, 11) is 0. The Morgan fingerprint density at radius 3 is 2.44 bits per heavy atom. The van der Waals surface area contributed by atoms with Gasteiger partial charge in [0.25, 0.3) is 0 Å². The van der Waals surface area contributed by atoms with Gasteiger partial charge in [0.15, 0.2) is 0 Å². The summed E-state index contributed by atoms with van der Waals surface area (Å²) in [6.45, 7) is 6.37. The molecule has 1 unspecified atom stereocenters. The van der Waals surface area contributed by atoms with E-state index in [9.17, 15) is 10.4 Å². The number of hydrogen-bond donors (Lipinski definition) is 1. The van der Waals surface area contributed by atoms with Crippen LogP contribution in [0.25, 0.3) is 0 Å². The summed E-state index contributed by atoms with van der Waals surface area (Å²) >= 11 is 1.45.